The fourth-order valence-electron chi connectivity index (χ4n) is 2.70. The van der Waals surface area contributed by atoms with E-state index in [1.807, 2.05) is 4.90 Å². The second-order valence-electron chi connectivity index (χ2n) is 7.65. The topological polar surface area (TPSA) is 61.9 Å². The van der Waals surface area contributed by atoms with Crippen LogP contribution in [0.25, 0.3) is 0 Å². The minimum atomic E-state index is -4.69. The summed E-state index contributed by atoms with van der Waals surface area (Å²) < 4.78 is 46.7. The number of ether oxygens (including phenoxy) is 1. The Labute approximate surface area is 152 Å². The van der Waals surface area contributed by atoms with Crippen molar-refractivity contribution in [3.05, 3.63) is 12.2 Å². The van der Waals surface area contributed by atoms with Gasteiger partial charge < -0.3 is 15.0 Å². The fraction of sp³-hybridized carbons (Fsp3) is 0.765. The van der Waals surface area contributed by atoms with Crippen LogP contribution in [-0.4, -0.2) is 72.8 Å². The lowest BCUT2D eigenvalue weighted by Gasteiger charge is -2.40. The van der Waals surface area contributed by atoms with Crippen LogP contribution in [0, 0.1) is 0 Å². The summed E-state index contributed by atoms with van der Waals surface area (Å²) in [5.74, 6) is -0.633. The molecule has 1 aliphatic rings. The molecule has 2 amide bonds. The van der Waals surface area contributed by atoms with Gasteiger partial charge in [-0.3, -0.25) is 9.69 Å². The molecule has 0 saturated carbocycles. The first-order chi connectivity index (χ1) is 11.8. The van der Waals surface area contributed by atoms with Gasteiger partial charge in [-0.2, -0.15) is 13.2 Å². The van der Waals surface area contributed by atoms with Crippen LogP contribution < -0.4 is 5.32 Å². The SMILES string of the molecule is CN(C)C/C=C/C(=O)NCC1(C(F)(F)F)CCCN1C(=O)OC(C)(C)C. The van der Waals surface area contributed by atoms with E-state index in [4.69, 9.17) is 4.74 Å². The first-order valence-corrected chi connectivity index (χ1v) is 8.45. The number of rotatable bonds is 5. The number of nitrogens with one attached hydrogen (secondary N) is 1. The highest BCUT2D eigenvalue weighted by Crippen LogP contribution is 2.43. The Balaban J connectivity index is 2.92. The van der Waals surface area contributed by atoms with Gasteiger partial charge in [0.1, 0.15) is 5.60 Å². The zero-order valence-electron chi connectivity index (χ0n) is 15.9. The number of halogens is 3. The van der Waals surface area contributed by atoms with Gasteiger partial charge in [-0.1, -0.05) is 6.08 Å². The first-order valence-electron chi connectivity index (χ1n) is 8.45. The van der Waals surface area contributed by atoms with Crippen molar-refractivity contribution in [2.75, 3.05) is 33.7 Å². The molecular weight excluding hydrogens is 351 g/mol. The number of likely N-dealkylation sites (tertiary alicyclic amines) is 1. The molecule has 1 unspecified atom stereocenters. The normalized spacial score (nSPS) is 21.5. The average Bonchev–Trinajstić information content (AvgIpc) is 2.87. The summed E-state index contributed by atoms with van der Waals surface area (Å²) in [6, 6.07) is 0. The summed E-state index contributed by atoms with van der Waals surface area (Å²) >= 11 is 0. The van der Waals surface area contributed by atoms with Crippen molar-refractivity contribution in [2.24, 2.45) is 0 Å². The lowest BCUT2D eigenvalue weighted by Crippen LogP contribution is -2.63. The highest BCUT2D eigenvalue weighted by Gasteiger charge is 2.62. The van der Waals surface area contributed by atoms with Crippen LogP contribution in [0.15, 0.2) is 12.2 Å². The van der Waals surface area contributed by atoms with Crippen LogP contribution in [0.4, 0.5) is 18.0 Å². The first kappa shape index (κ1) is 22.3. The predicted molar refractivity (Wildman–Crippen MR) is 91.7 cm³/mol. The molecule has 1 N–H and O–H groups in total. The van der Waals surface area contributed by atoms with Gasteiger partial charge in [0.15, 0.2) is 5.54 Å². The Bertz CT molecular complexity index is 542. The number of hydrogen-bond donors (Lipinski definition) is 1. The number of alkyl halides is 3. The predicted octanol–water partition coefficient (Wildman–Crippen LogP) is 2.55. The number of carbonyl (C=O) groups excluding carboxylic acids is 2. The van der Waals surface area contributed by atoms with Gasteiger partial charge in [-0.25, -0.2) is 4.79 Å². The van der Waals surface area contributed by atoms with Gasteiger partial charge in [-0.15, -0.1) is 0 Å². The molecule has 1 atom stereocenters. The summed E-state index contributed by atoms with van der Waals surface area (Å²) in [6.45, 7) is 4.48. The average molecular weight is 379 g/mol. The van der Waals surface area contributed by atoms with Gasteiger partial charge >= 0.3 is 12.3 Å². The van der Waals surface area contributed by atoms with Crippen LogP contribution in [0.3, 0.4) is 0 Å². The zero-order chi connectivity index (χ0) is 20.2. The minimum Gasteiger partial charge on any atom is -0.444 e. The number of hydrogen-bond acceptors (Lipinski definition) is 4. The molecule has 26 heavy (non-hydrogen) atoms. The molecule has 0 spiro atoms. The summed E-state index contributed by atoms with van der Waals surface area (Å²) in [5.41, 5.74) is -3.37. The van der Waals surface area contributed by atoms with Crippen molar-refractivity contribution in [1.29, 1.82) is 0 Å². The molecule has 0 radical (unpaired) electrons. The zero-order valence-corrected chi connectivity index (χ0v) is 15.9. The van der Waals surface area contributed by atoms with Crippen molar-refractivity contribution < 1.29 is 27.5 Å². The highest BCUT2D eigenvalue weighted by molar-refractivity contribution is 5.87. The quantitative estimate of drug-likeness (QED) is 0.746. The lowest BCUT2D eigenvalue weighted by molar-refractivity contribution is -0.217. The Kier molecular flexibility index (Phi) is 7.09. The standard InChI is InChI=1S/C17H28F3N3O3/c1-15(2,3)26-14(25)23-11-7-9-16(23,17(18,19)20)12-21-13(24)8-6-10-22(4)5/h6,8H,7,9-12H2,1-5H3,(H,21,24)/b8-6+. The maximum atomic E-state index is 13.8. The monoisotopic (exact) mass is 379 g/mol. The number of carbonyl (C=O) groups is 2. The molecule has 0 bridgehead atoms. The summed E-state index contributed by atoms with van der Waals surface area (Å²) in [5, 5.41) is 2.28. The van der Waals surface area contributed by atoms with Crippen molar-refractivity contribution >= 4 is 12.0 Å². The molecule has 6 nitrogen and oxygen atoms in total. The molecule has 0 aromatic heterocycles. The van der Waals surface area contributed by atoms with Crippen LogP contribution in [0.5, 0.6) is 0 Å². The van der Waals surface area contributed by atoms with Crippen LogP contribution in [0.1, 0.15) is 33.6 Å². The lowest BCUT2D eigenvalue weighted by atomic mass is 9.95. The Hall–Kier alpha value is -1.77. The van der Waals surface area contributed by atoms with E-state index in [9.17, 15) is 22.8 Å². The van der Waals surface area contributed by atoms with Crippen molar-refractivity contribution in [3.63, 3.8) is 0 Å². The van der Waals surface area contributed by atoms with E-state index in [-0.39, 0.29) is 19.4 Å². The smallest absolute Gasteiger partial charge is 0.413 e. The van der Waals surface area contributed by atoms with Gasteiger partial charge in [0.2, 0.25) is 5.91 Å². The van der Waals surface area contributed by atoms with E-state index in [0.717, 1.165) is 0 Å². The number of nitrogens with zero attached hydrogens (tertiary/aromatic N) is 2. The molecule has 1 rings (SSSR count). The highest BCUT2D eigenvalue weighted by atomic mass is 19.4. The van der Waals surface area contributed by atoms with Gasteiger partial charge in [0, 0.05) is 19.2 Å². The van der Waals surface area contributed by atoms with Crippen molar-refractivity contribution in [3.8, 4) is 0 Å². The maximum Gasteiger partial charge on any atom is 0.413 e. The van der Waals surface area contributed by atoms with Crippen LogP contribution in [0.2, 0.25) is 0 Å². The molecule has 1 saturated heterocycles. The summed E-state index contributed by atoms with van der Waals surface area (Å²) in [6.07, 6.45) is -3.07. The van der Waals surface area contributed by atoms with Gasteiger partial charge in [0.25, 0.3) is 0 Å². The largest absolute Gasteiger partial charge is 0.444 e. The fourth-order valence-corrected chi connectivity index (χ4v) is 2.70. The number of amides is 2. The molecule has 0 aliphatic carbocycles. The maximum absolute atomic E-state index is 13.8. The second kappa shape index (κ2) is 8.28. The summed E-state index contributed by atoms with van der Waals surface area (Å²) in [4.78, 5) is 26.6. The summed E-state index contributed by atoms with van der Waals surface area (Å²) in [7, 11) is 3.61. The van der Waals surface area contributed by atoms with Crippen molar-refractivity contribution in [1.82, 2.24) is 15.1 Å². The molecule has 9 heteroatoms. The Morgan fingerprint density at radius 3 is 2.38 bits per heavy atom. The van der Waals surface area contributed by atoms with E-state index in [1.54, 1.807) is 40.9 Å². The van der Waals surface area contributed by atoms with E-state index in [2.05, 4.69) is 5.32 Å². The molecular formula is C17H28F3N3O3. The third-order valence-corrected chi connectivity index (χ3v) is 3.93. The van der Waals surface area contributed by atoms with Gasteiger partial charge in [0.05, 0.1) is 6.54 Å². The minimum absolute atomic E-state index is 0.0687. The molecule has 1 fully saturated rings. The molecule has 1 heterocycles. The van der Waals surface area contributed by atoms with E-state index in [1.165, 1.54) is 6.08 Å². The van der Waals surface area contributed by atoms with Crippen LogP contribution >= 0.6 is 0 Å². The number of likely N-dealkylation sites (N-methyl/N-ethyl adjacent to an activating group) is 1. The second-order valence-corrected chi connectivity index (χ2v) is 7.65. The van der Waals surface area contributed by atoms with Gasteiger partial charge in [-0.05, 0) is 47.7 Å². The van der Waals surface area contributed by atoms with E-state index < -0.39 is 35.9 Å². The Morgan fingerprint density at radius 1 is 1.27 bits per heavy atom. The molecule has 1 aliphatic heterocycles. The van der Waals surface area contributed by atoms with Crippen molar-refractivity contribution in [2.45, 2.75) is 50.9 Å². The van der Waals surface area contributed by atoms with E-state index >= 15 is 0 Å². The molecule has 0 aromatic rings. The van der Waals surface area contributed by atoms with Crippen LogP contribution in [-0.2, 0) is 9.53 Å². The third kappa shape index (κ3) is 5.89. The Morgan fingerprint density at radius 2 is 1.88 bits per heavy atom. The molecule has 150 valence electrons. The molecule has 0 aromatic carbocycles. The van der Waals surface area contributed by atoms with E-state index in [0.29, 0.717) is 11.4 Å². The third-order valence-electron chi connectivity index (χ3n) is 3.93.